The summed E-state index contributed by atoms with van der Waals surface area (Å²) in [5, 5.41) is 1.24. The van der Waals surface area contributed by atoms with E-state index in [4.69, 9.17) is 23.2 Å². The lowest BCUT2D eigenvalue weighted by atomic mass is 10.0. The van der Waals surface area contributed by atoms with Crippen LogP contribution in [0.4, 0.5) is 11.4 Å². The van der Waals surface area contributed by atoms with Crippen molar-refractivity contribution < 1.29 is 4.79 Å². The molecule has 1 aliphatic rings. The van der Waals surface area contributed by atoms with Crippen LogP contribution in [-0.2, 0) is 4.79 Å². The number of rotatable bonds is 7. The Morgan fingerprint density at radius 3 is 1.97 bits per heavy atom. The van der Waals surface area contributed by atoms with Crippen molar-refractivity contribution in [1.29, 1.82) is 0 Å². The lowest BCUT2D eigenvalue weighted by molar-refractivity contribution is -0.119. The molecule has 1 unspecified atom stereocenters. The standard InChI is InChI=1S/C27H29Cl2N3O/c1-2-25(23-14-9-15-24(28)27(23)29)31-18-16-30(17-19-31)20-26(33)32(21-10-5-3-6-11-21)22-12-7-4-8-13-22/h3-15,25H,2,16-20H2,1H3. The molecule has 1 heterocycles. The summed E-state index contributed by atoms with van der Waals surface area (Å²) in [6.45, 7) is 5.98. The number of hydrogen-bond acceptors (Lipinski definition) is 3. The van der Waals surface area contributed by atoms with Crippen LogP contribution in [0, 0.1) is 0 Å². The molecule has 0 saturated carbocycles. The van der Waals surface area contributed by atoms with Crippen LogP contribution in [0.1, 0.15) is 24.9 Å². The quantitative estimate of drug-likeness (QED) is 0.389. The third kappa shape index (κ3) is 5.59. The largest absolute Gasteiger partial charge is 0.294 e. The highest BCUT2D eigenvalue weighted by atomic mass is 35.5. The second kappa shape index (κ2) is 11.2. The fourth-order valence-corrected chi connectivity index (χ4v) is 4.97. The van der Waals surface area contributed by atoms with Gasteiger partial charge in [0.05, 0.1) is 16.6 Å². The number of anilines is 2. The van der Waals surface area contributed by atoms with Crippen LogP contribution < -0.4 is 4.90 Å². The van der Waals surface area contributed by atoms with Crippen LogP contribution in [0.25, 0.3) is 0 Å². The summed E-state index contributed by atoms with van der Waals surface area (Å²) in [4.78, 5) is 19.9. The summed E-state index contributed by atoms with van der Waals surface area (Å²) in [6.07, 6.45) is 0.953. The smallest absolute Gasteiger partial charge is 0.245 e. The van der Waals surface area contributed by atoms with Crippen LogP contribution in [0.3, 0.4) is 0 Å². The Hall–Kier alpha value is -2.37. The lowest BCUT2D eigenvalue weighted by Gasteiger charge is -2.39. The maximum atomic E-state index is 13.4. The van der Waals surface area contributed by atoms with E-state index >= 15 is 0 Å². The molecular weight excluding hydrogens is 453 g/mol. The Morgan fingerprint density at radius 2 is 1.42 bits per heavy atom. The maximum Gasteiger partial charge on any atom is 0.245 e. The Morgan fingerprint density at radius 1 is 0.848 bits per heavy atom. The summed E-state index contributed by atoms with van der Waals surface area (Å²) >= 11 is 12.8. The zero-order chi connectivity index (χ0) is 23.2. The van der Waals surface area contributed by atoms with Gasteiger partial charge >= 0.3 is 0 Å². The fourth-order valence-electron chi connectivity index (χ4n) is 4.54. The molecule has 0 N–H and O–H groups in total. The van der Waals surface area contributed by atoms with Crippen molar-refractivity contribution in [2.75, 3.05) is 37.6 Å². The van der Waals surface area contributed by atoms with Crippen molar-refractivity contribution in [2.45, 2.75) is 19.4 Å². The molecule has 4 rings (SSSR count). The minimum absolute atomic E-state index is 0.0748. The van der Waals surface area contributed by atoms with E-state index in [9.17, 15) is 4.79 Å². The summed E-state index contributed by atoms with van der Waals surface area (Å²) in [5.74, 6) is 0.0748. The maximum absolute atomic E-state index is 13.4. The van der Waals surface area contributed by atoms with Crippen LogP contribution >= 0.6 is 23.2 Å². The van der Waals surface area contributed by atoms with Crippen LogP contribution in [0.5, 0.6) is 0 Å². The average molecular weight is 482 g/mol. The number of carbonyl (C=O) groups excluding carboxylic acids is 1. The van der Waals surface area contributed by atoms with E-state index in [1.807, 2.05) is 77.7 Å². The van der Waals surface area contributed by atoms with Gasteiger partial charge in [0.15, 0.2) is 0 Å². The van der Waals surface area contributed by atoms with Gasteiger partial charge in [-0.25, -0.2) is 0 Å². The molecule has 1 aliphatic heterocycles. The summed E-state index contributed by atoms with van der Waals surface area (Å²) in [5.41, 5.74) is 2.85. The van der Waals surface area contributed by atoms with Gasteiger partial charge in [0, 0.05) is 43.6 Å². The molecule has 0 radical (unpaired) electrons. The average Bonchev–Trinajstić information content (AvgIpc) is 2.85. The first-order chi connectivity index (χ1) is 16.1. The fraction of sp³-hybridized carbons (Fsp3) is 0.296. The van der Waals surface area contributed by atoms with Gasteiger partial charge in [-0.15, -0.1) is 0 Å². The molecule has 4 nitrogen and oxygen atoms in total. The number of benzene rings is 3. The first-order valence-electron chi connectivity index (χ1n) is 11.4. The van der Waals surface area contributed by atoms with Gasteiger partial charge in [0.25, 0.3) is 0 Å². The minimum atomic E-state index is 0.0748. The molecule has 1 atom stereocenters. The van der Waals surface area contributed by atoms with Crippen molar-refractivity contribution in [3.63, 3.8) is 0 Å². The number of amides is 1. The Kier molecular flexibility index (Phi) is 8.05. The van der Waals surface area contributed by atoms with Crippen molar-refractivity contribution in [2.24, 2.45) is 0 Å². The number of nitrogens with zero attached hydrogens (tertiary/aromatic N) is 3. The first-order valence-corrected chi connectivity index (χ1v) is 12.2. The molecule has 0 aliphatic carbocycles. The molecule has 33 heavy (non-hydrogen) atoms. The van der Waals surface area contributed by atoms with E-state index in [2.05, 4.69) is 22.8 Å². The molecule has 1 saturated heterocycles. The number of carbonyl (C=O) groups is 1. The molecule has 0 bridgehead atoms. The van der Waals surface area contributed by atoms with E-state index in [1.54, 1.807) is 0 Å². The van der Waals surface area contributed by atoms with Gasteiger partial charge in [0.2, 0.25) is 5.91 Å². The van der Waals surface area contributed by atoms with Crippen LogP contribution in [0.2, 0.25) is 10.0 Å². The van der Waals surface area contributed by atoms with E-state index < -0.39 is 0 Å². The van der Waals surface area contributed by atoms with Gasteiger partial charge in [-0.2, -0.15) is 0 Å². The Balaban J connectivity index is 1.43. The van der Waals surface area contributed by atoms with Crippen LogP contribution in [-0.4, -0.2) is 48.4 Å². The van der Waals surface area contributed by atoms with Crippen molar-refractivity contribution >= 4 is 40.5 Å². The van der Waals surface area contributed by atoms with E-state index in [-0.39, 0.29) is 11.9 Å². The summed E-state index contributed by atoms with van der Waals surface area (Å²) in [6, 6.07) is 25.8. The molecule has 0 spiro atoms. The minimum Gasteiger partial charge on any atom is -0.294 e. The molecule has 6 heteroatoms. The zero-order valence-electron chi connectivity index (χ0n) is 18.8. The second-order valence-electron chi connectivity index (χ2n) is 8.28. The van der Waals surface area contributed by atoms with Crippen LogP contribution in [0.15, 0.2) is 78.9 Å². The molecule has 3 aromatic carbocycles. The predicted octanol–water partition coefficient (Wildman–Crippen LogP) is 6.43. The molecule has 1 amide bonds. The van der Waals surface area contributed by atoms with Gasteiger partial charge < -0.3 is 0 Å². The highest BCUT2D eigenvalue weighted by molar-refractivity contribution is 6.42. The molecular formula is C27H29Cl2N3O. The predicted molar refractivity (Wildman–Crippen MR) is 138 cm³/mol. The summed E-state index contributed by atoms with van der Waals surface area (Å²) in [7, 11) is 0. The van der Waals surface area contributed by atoms with Crippen molar-refractivity contribution in [3.05, 3.63) is 94.5 Å². The van der Waals surface area contributed by atoms with E-state index in [1.165, 1.54) is 0 Å². The molecule has 0 aromatic heterocycles. The van der Waals surface area contributed by atoms with Gasteiger partial charge in [-0.1, -0.05) is 78.7 Å². The number of hydrogen-bond donors (Lipinski definition) is 0. The normalized spacial score (nSPS) is 15.8. The van der Waals surface area contributed by atoms with Crippen molar-refractivity contribution in [3.8, 4) is 0 Å². The zero-order valence-corrected chi connectivity index (χ0v) is 20.3. The third-order valence-electron chi connectivity index (χ3n) is 6.21. The summed E-state index contributed by atoms with van der Waals surface area (Å²) < 4.78 is 0. The topological polar surface area (TPSA) is 26.8 Å². The van der Waals surface area contributed by atoms with E-state index in [0.717, 1.165) is 49.5 Å². The van der Waals surface area contributed by atoms with Gasteiger partial charge in [-0.3, -0.25) is 19.5 Å². The SMILES string of the molecule is CCC(c1cccc(Cl)c1Cl)N1CCN(CC(=O)N(c2ccccc2)c2ccccc2)CC1. The highest BCUT2D eigenvalue weighted by Crippen LogP contribution is 2.35. The monoisotopic (exact) mass is 481 g/mol. The first kappa shape index (κ1) is 23.8. The Bertz CT molecular complexity index is 1010. The number of halogens is 2. The van der Waals surface area contributed by atoms with E-state index in [0.29, 0.717) is 16.6 Å². The molecule has 3 aromatic rings. The third-order valence-corrected chi connectivity index (χ3v) is 7.05. The lowest BCUT2D eigenvalue weighted by Crippen LogP contribution is -2.50. The second-order valence-corrected chi connectivity index (χ2v) is 9.06. The van der Waals surface area contributed by atoms with Gasteiger partial charge in [0.1, 0.15) is 0 Å². The highest BCUT2D eigenvalue weighted by Gasteiger charge is 2.28. The number of piperazine rings is 1. The van der Waals surface area contributed by atoms with Crippen molar-refractivity contribution in [1.82, 2.24) is 9.80 Å². The van der Waals surface area contributed by atoms with Gasteiger partial charge in [-0.05, 0) is 42.3 Å². The molecule has 172 valence electrons. The molecule has 1 fully saturated rings. The number of para-hydroxylation sites is 2. The Labute approximate surface area is 206 Å².